The van der Waals surface area contributed by atoms with E-state index in [1.807, 2.05) is 6.07 Å². The van der Waals surface area contributed by atoms with Crippen molar-refractivity contribution in [1.82, 2.24) is 0 Å². The third-order valence-corrected chi connectivity index (χ3v) is 3.81. The Balaban J connectivity index is 2.26. The minimum atomic E-state index is 0.0789. The van der Waals surface area contributed by atoms with E-state index >= 15 is 0 Å². The summed E-state index contributed by atoms with van der Waals surface area (Å²) in [5.74, 6) is 0.0789. The first-order valence-electron chi connectivity index (χ1n) is 6.52. The van der Waals surface area contributed by atoms with Crippen molar-refractivity contribution in [2.24, 2.45) is 0 Å². The van der Waals surface area contributed by atoms with Gasteiger partial charge in [-0.05, 0) is 36.6 Å². The van der Waals surface area contributed by atoms with E-state index in [0.29, 0.717) is 17.1 Å². The van der Waals surface area contributed by atoms with E-state index in [-0.39, 0.29) is 10.8 Å². The molecule has 2 aromatic rings. The molecule has 20 heavy (non-hydrogen) atoms. The highest BCUT2D eigenvalue weighted by Crippen LogP contribution is 2.32. The predicted octanol–water partition coefficient (Wildman–Crippen LogP) is 5.18. The van der Waals surface area contributed by atoms with Crippen LogP contribution in [0.1, 0.15) is 23.6 Å². The molecule has 0 radical (unpaired) electrons. The van der Waals surface area contributed by atoms with Crippen molar-refractivity contribution in [1.29, 1.82) is 0 Å². The summed E-state index contributed by atoms with van der Waals surface area (Å²) in [4.78, 5) is 0. The van der Waals surface area contributed by atoms with Gasteiger partial charge in [0.05, 0.1) is 5.02 Å². The molecular weight excluding hydrogens is 293 g/mol. The van der Waals surface area contributed by atoms with Crippen LogP contribution in [0.3, 0.4) is 0 Å². The maximum atomic E-state index is 9.97. The average Bonchev–Trinajstić information content (AvgIpc) is 2.42. The van der Waals surface area contributed by atoms with Gasteiger partial charge in [-0.1, -0.05) is 48.3 Å². The Morgan fingerprint density at radius 1 is 1.15 bits per heavy atom. The van der Waals surface area contributed by atoms with Crippen molar-refractivity contribution in [3.8, 4) is 5.75 Å². The Bertz CT molecular complexity index is 626. The molecule has 0 aliphatic heterocycles. The molecule has 0 spiro atoms. The van der Waals surface area contributed by atoms with Gasteiger partial charge in [0.25, 0.3) is 0 Å². The molecule has 2 aromatic carbocycles. The van der Waals surface area contributed by atoms with Crippen LogP contribution < -0.4 is 5.32 Å². The highest BCUT2D eigenvalue weighted by Gasteiger charge is 2.09. The first kappa shape index (κ1) is 15.0. The number of para-hydroxylation sites is 1. The highest BCUT2D eigenvalue weighted by atomic mass is 35.5. The van der Waals surface area contributed by atoms with Gasteiger partial charge in [-0.25, -0.2) is 0 Å². The third kappa shape index (κ3) is 3.20. The first-order chi connectivity index (χ1) is 9.52. The SMILES string of the molecule is CCc1cccc(C)c1NCc1cc(Cl)cc(Cl)c1O. The van der Waals surface area contributed by atoms with Gasteiger partial charge in [0.15, 0.2) is 0 Å². The molecule has 0 fully saturated rings. The van der Waals surface area contributed by atoms with Crippen molar-refractivity contribution < 1.29 is 5.11 Å². The lowest BCUT2D eigenvalue weighted by atomic mass is 10.1. The van der Waals surface area contributed by atoms with E-state index in [0.717, 1.165) is 12.1 Å². The number of rotatable bonds is 4. The monoisotopic (exact) mass is 309 g/mol. The summed E-state index contributed by atoms with van der Waals surface area (Å²) in [5.41, 5.74) is 4.22. The molecule has 0 atom stereocenters. The second-order valence-electron chi connectivity index (χ2n) is 4.71. The standard InChI is InChI=1S/C16H17Cl2NO/c1-3-11-6-4-5-10(2)15(11)19-9-12-7-13(17)8-14(18)16(12)20/h4-8,19-20H,3,9H2,1-2H3. The fourth-order valence-corrected chi connectivity index (χ4v) is 2.75. The van der Waals surface area contributed by atoms with Crippen LogP contribution in [0.15, 0.2) is 30.3 Å². The van der Waals surface area contributed by atoms with Crippen LogP contribution >= 0.6 is 23.2 Å². The molecule has 0 aliphatic carbocycles. The molecule has 2 N–H and O–H groups in total. The Hall–Kier alpha value is -1.38. The van der Waals surface area contributed by atoms with Crippen LogP contribution in [0.25, 0.3) is 0 Å². The molecule has 0 bridgehead atoms. The summed E-state index contributed by atoms with van der Waals surface area (Å²) in [7, 11) is 0. The topological polar surface area (TPSA) is 32.3 Å². The lowest BCUT2D eigenvalue weighted by molar-refractivity contribution is 0.469. The van der Waals surface area contributed by atoms with Gasteiger partial charge in [0.1, 0.15) is 5.75 Å². The van der Waals surface area contributed by atoms with Crippen LogP contribution in [0.5, 0.6) is 5.75 Å². The van der Waals surface area contributed by atoms with Crippen LogP contribution in [0.2, 0.25) is 10.0 Å². The minimum Gasteiger partial charge on any atom is -0.506 e. The van der Waals surface area contributed by atoms with Gasteiger partial charge in [-0.3, -0.25) is 0 Å². The maximum absolute atomic E-state index is 9.97. The molecule has 0 aliphatic rings. The quantitative estimate of drug-likeness (QED) is 0.815. The van der Waals surface area contributed by atoms with Gasteiger partial charge in [-0.15, -0.1) is 0 Å². The molecule has 2 rings (SSSR count). The van der Waals surface area contributed by atoms with Crippen molar-refractivity contribution >= 4 is 28.9 Å². The van der Waals surface area contributed by atoms with E-state index < -0.39 is 0 Å². The number of phenolic OH excluding ortho intramolecular Hbond substituents is 1. The summed E-state index contributed by atoms with van der Waals surface area (Å²) >= 11 is 11.9. The molecule has 4 heteroatoms. The van der Waals surface area contributed by atoms with Gasteiger partial charge >= 0.3 is 0 Å². The second kappa shape index (κ2) is 6.38. The van der Waals surface area contributed by atoms with Crippen molar-refractivity contribution in [3.05, 3.63) is 57.1 Å². The lowest BCUT2D eigenvalue weighted by Crippen LogP contribution is -2.04. The molecule has 0 heterocycles. The molecule has 106 valence electrons. The molecule has 0 unspecified atom stereocenters. The summed E-state index contributed by atoms with van der Waals surface area (Å²) in [6, 6.07) is 9.46. The largest absolute Gasteiger partial charge is 0.506 e. The van der Waals surface area contributed by atoms with Gasteiger partial charge in [0.2, 0.25) is 0 Å². The van der Waals surface area contributed by atoms with E-state index in [2.05, 4.69) is 31.3 Å². The molecule has 0 saturated carbocycles. The van der Waals surface area contributed by atoms with Gasteiger partial charge in [0, 0.05) is 22.8 Å². The zero-order chi connectivity index (χ0) is 14.7. The highest BCUT2D eigenvalue weighted by molar-refractivity contribution is 6.35. The number of benzene rings is 2. The number of nitrogens with one attached hydrogen (secondary N) is 1. The zero-order valence-electron chi connectivity index (χ0n) is 11.5. The zero-order valence-corrected chi connectivity index (χ0v) is 13.0. The number of aryl methyl sites for hydroxylation is 2. The van der Waals surface area contributed by atoms with Crippen LogP contribution in [0.4, 0.5) is 5.69 Å². The predicted molar refractivity (Wildman–Crippen MR) is 86.0 cm³/mol. The summed E-state index contributed by atoms with van der Waals surface area (Å²) in [6.45, 7) is 4.66. The molecule has 0 aromatic heterocycles. The number of halogens is 2. The maximum Gasteiger partial charge on any atom is 0.139 e. The van der Waals surface area contributed by atoms with Gasteiger partial charge < -0.3 is 10.4 Å². The number of anilines is 1. The number of hydrogen-bond acceptors (Lipinski definition) is 2. The Kier molecular flexibility index (Phi) is 4.79. The lowest BCUT2D eigenvalue weighted by Gasteiger charge is -2.15. The molecule has 0 saturated heterocycles. The summed E-state index contributed by atoms with van der Waals surface area (Å²) < 4.78 is 0. The van der Waals surface area contributed by atoms with E-state index in [9.17, 15) is 5.11 Å². The molecular formula is C16H17Cl2NO. The van der Waals surface area contributed by atoms with Crippen LogP contribution in [-0.4, -0.2) is 5.11 Å². The van der Waals surface area contributed by atoms with Crippen molar-refractivity contribution in [3.63, 3.8) is 0 Å². The minimum absolute atomic E-state index is 0.0789. The Labute approximate surface area is 129 Å². The van der Waals surface area contributed by atoms with Crippen LogP contribution in [-0.2, 0) is 13.0 Å². The second-order valence-corrected chi connectivity index (χ2v) is 5.56. The Morgan fingerprint density at radius 2 is 1.90 bits per heavy atom. The fraction of sp³-hybridized carbons (Fsp3) is 0.250. The van der Waals surface area contributed by atoms with Gasteiger partial charge in [-0.2, -0.15) is 0 Å². The summed E-state index contributed by atoms with van der Waals surface area (Å²) in [6.07, 6.45) is 0.951. The first-order valence-corrected chi connectivity index (χ1v) is 7.27. The number of hydrogen-bond donors (Lipinski definition) is 2. The average molecular weight is 310 g/mol. The smallest absolute Gasteiger partial charge is 0.139 e. The van der Waals surface area contributed by atoms with E-state index in [1.165, 1.54) is 17.2 Å². The Morgan fingerprint density at radius 3 is 2.60 bits per heavy atom. The van der Waals surface area contributed by atoms with E-state index in [1.54, 1.807) is 6.07 Å². The fourth-order valence-electron chi connectivity index (χ4n) is 2.21. The molecule has 2 nitrogen and oxygen atoms in total. The number of phenols is 1. The molecule has 0 amide bonds. The van der Waals surface area contributed by atoms with Crippen LogP contribution in [0, 0.1) is 6.92 Å². The normalized spacial score (nSPS) is 10.6. The number of aromatic hydroxyl groups is 1. The van der Waals surface area contributed by atoms with E-state index in [4.69, 9.17) is 23.2 Å². The van der Waals surface area contributed by atoms with Crippen molar-refractivity contribution in [2.45, 2.75) is 26.8 Å². The van der Waals surface area contributed by atoms with Crippen molar-refractivity contribution in [2.75, 3.05) is 5.32 Å². The third-order valence-electron chi connectivity index (χ3n) is 3.30. The summed E-state index contributed by atoms with van der Waals surface area (Å²) in [5, 5.41) is 14.1.